The number of rotatable bonds is 6. The largest absolute Gasteiger partial charge is 0.494 e. The lowest BCUT2D eigenvalue weighted by Crippen LogP contribution is -2.41. The molecule has 0 spiro atoms. The predicted molar refractivity (Wildman–Crippen MR) is 119 cm³/mol. The summed E-state index contributed by atoms with van der Waals surface area (Å²) in [7, 11) is -0.431. The first-order valence-electron chi connectivity index (χ1n) is 10.3. The Morgan fingerprint density at radius 3 is 1.71 bits per heavy atom. The Balaban J connectivity index is 1.51. The van der Waals surface area contributed by atoms with E-state index in [9.17, 15) is 4.39 Å². The highest BCUT2D eigenvalue weighted by Gasteiger charge is 2.51. The van der Waals surface area contributed by atoms with E-state index in [4.69, 9.17) is 18.8 Å². The van der Waals surface area contributed by atoms with Crippen LogP contribution in [0.15, 0.2) is 78.9 Å². The first-order valence-corrected chi connectivity index (χ1v) is 10.3. The first-order chi connectivity index (χ1) is 14.7. The monoisotopic (exact) mass is 420 g/mol. The molecule has 3 aromatic rings. The molecule has 1 atom stereocenters. The standard InChI is InChI=1S/C25H26BFO4/c1-24(2)25(3,4)31-26(30-24)19-10-14-21(15-11-19)28-23(18-8-6-5-7-9-18)29-22-16-12-20(27)13-17-22/h5-17,23H,1-4H3. The quantitative estimate of drug-likeness (QED) is 0.402. The summed E-state index contributed by atoms with van der Waals surface area (Å²) in [6, 6.07) is 23.1. The Morgan fingerprint density at radius 2 is 1.19 bits per heavy atom. The van der Waals surface area contributed by atoms with Crippen LogP contribution in [0.25, 0.3) is 0 Å². The van der Waals surface area contributed by atoms with Crippen molar-refractivity contribution < 1.29 is 23.2 Å². The van der Waals surface area contributed by atoms with Crippen LogP contribution < -0.4 is 14.9 Å². The summed E-state index contributed by atoms with van der Waals surface area (Å²) in [6.07, 6.45) is -0.686. The van der Waals surface area contributed by atoms with E-state index in [1.54, 1.807) is 12.1 Å². The van der Waals surface area contributed by atoms with Crippen LogP contribution in [0.4, 0.5) is 4.39 Å². The molecule has 1 fully saturated rings. The molecule has 0 bridgehead atoms. The van der Waals surface area contributed by atoms with Crippen LogP contribution >= 0.6 is 0 Å². The fourth-order valence-corrected chi connectivity index (χ4v) is 3.21. The molecule has 1 heterocycles. The number of hydrogen-bond donors (Lipinski definition) is 0. The van der Waals surface area contributed by atoms with Crippen molar-refractivity contribution >= 4 is 12.6 Å². The van der Waals surface area contributed by atoms with Gasteiger partial charge in [-0.25, -0.2) is 4.39 Å². The Bertz CT molecular complexity index is 988. The summed E-state index contributed by atoms with van der Waals surface area (Å²) in [5.74, 6) is 0.836. The van der Waals surface area contributed by atoms with Gasteiger partial charge in [-0.1, -0.05) is 42.5 Å². The van der Waals surface area contributed by atoms with Gasteiger partial charge in [0.05, 0.1) is 11.2 Å². The summed E-state index contributed by atoms with van der Waals surface area (Å²) >= 11 is 0. The topological polar surface area (TPSA) is 36.9 Å². The van der Waals surface area contributed by atoms with Crippen molar-refractivity contribution in [2.24, 2.45) is 0 Å². The molecule has 31 heavy (non-hydrogen) atoms. The fraction of sp³-hybridized carbons (Fsp3) is 0.280. The lowest BCUT2D eigenvalue weighted by molar-refractivity contribution is 0.00377. The molecule has 0 aromatic heterocycles. The van der Waals surface area contributed by atoms with E-state index < -0.39 is 24.6 Å². The summed E-state index contributed by atoms with van der Waals surface area (Å²) in [5, 5.41) is 0. The lowest BCUT2D eigenvalue weighted by atomic mass is 9.79. The van der Waals surface area contributed by atoms with Gasteiger partial charge in [0.2, 0.25) is 0 Å². The van der Waals surface area contributed by atoms with Crippen molar-refractivity contribution in [2.75, 3.05) is 0 Å². The molecule has 6 heteroatoms. The van der Waals surface area contributed by atoms with Gasteiger partial charge in [-0.3, -0.25) is 0 Å². The first kappa shape index (κ1) is 21.4. The van der Waals surface area contributed by atoms with Crippen molar-refractivity contribution in [1.29, 1.82) is 0 Å². The maximum atomic E-state index is 13.2. The van der Waals surface area contributed by atoms with E-state index in [-0.39, 0.29) is 5.82 Å². The van der Waals surface area contributed by atoms with Gasteiger partial charge in [0, 0.05) is 5.56 Å². The van der Waals surface area contributed by atoms with Crippen molar-refractivity contribution in [2.45, 2.75) is 45.2 Å². The smallest absolute Gasteiger partial charge is 0.451 e. The second-order valence-corrected chi connectivity index (χ2v) is 8.59. The summed E-state index contributed by atoms with van der Waals surface area (Å²) < 4.78 is 37.6. The van der Waals surface area contributed by atoms with Gasteiger partial charge >= 0.3 is 7.12 Å². The van der Waals surface area contributed by atoms with Crippen molar-refractivity contribution in [3.63, 3.8) is 0 Å². The molecule has 1 aliphatic heterocycles. The van der Waals surface area contributed by atoms with Crippen LogP contribution in [0.5, 0.6) is 11.5 Å². The van der Waals surface area contributed by atoms with Gasteiger partial charge in [-0.2, -0.15) is 0 Å². The normalized spacial score (nSPS) is 17.9. The minimum absolute atomic E-state index is 0.317. The molecule has 3 aromatic carbocycles. The fourth-order valence-electron chi connectivity index (χ4n) is 3.21. The molecule has 4 nitrogen and oxygen atoms in total. The molecule has 0 radical (unpaired) electrons. The maximum absolute atomic E-state index is 13.2. The molecule has 1 aliphatic rings. The second kappa shape index (κ2) is 8.37. The number of benzene rings is 3. The van der Waals surface area contributed by atoms with Crippen molar-refractivity contribution in [3.8, 4) is 11.5 Å². The Hall–Kier alpha value is -2.83. The number of halogens is 1. The van der Waals surface area contributed by atoms with Crippen LogP contribution in [-0.2, 0) is 9.31 Å². The third-order valence-electron chi connectivity index (χ3n) is 5.78. The van der Waals surface area contributed by atoms with Gasteiger partial charge in [0.15, 0.2) is 0 Å². The zero-order valence-corrected chi connectivity index (χ0v) is 18.2. The van der Waals surface area contributed by atoms with Crippen LogP contribution in [0, 0.1) is 5.82 Å². The number of ether oxygens (including phenoxy) is 2. The molecule has 0 N–H and O–H groups in total. The molecule has 0 aliphatic carbocycles. The molecule has 160 valence electrons. The molecule has 0 amide bonds. The third-order valence-corrected chi connectivity index (χ3v) is 5.78. The van der Waals surface area contributed by atoms with Crippen LogP contribution in [-0.4, -0.2) is 18.3 Å². The van der Waals surface area contributed by atoms with Crippen LogP contribution in [0.2, 0.25) is 0 Å². The highest BCUT2D eigenvalue weighted by Crippen LogP contribution is 2.36. The maximum Gasteiger partial charge on any atom is 0.494 e. The third kappa shape index (κ3) is 4.76. The number of hydrogen-bond acceptors (Lipinski definition) is 4. The van der Waals surface area contributed by atoms with E-state index in [0.29, 0.717) is 11.5 Å². The summed E-state index contributed by atoms with van der Waals surface area (Å²) in [6.45, 7) is 8.12. The van der Waals surface area contributed by atoms with Gasteiger partial charge < -0.3 is 18.8 Å². The van der Waals surface area contributed by atoms with E-state index in [1.165, 1.54) is 12.1 Å². The second-order valence-electron chi connectivity index (χ2n) is 8.59. The lowest BCUT2D eigenvalue weighted by Gasteiger charge is -2.32. The SMILES string of the molecule is CC1(C)OB(c2ccc(OC(Oc3ccc(F)cc3)c3ccccc3)cc2)OC1(C)C. The van der Waals surface area contributed by atoms with Gasteiger partial charge in [-0.05, 0) is 69.6 Å². The highest BCUT2D eigenvalue weighted by atomic mass is 19.1. The average molecular weight is 420 g/mol. The Labute approximate surface area is 183 Å². The van der Waals surface area contributed by atoms with Gasteiger partial charge in [-0.15, -0.1) is 0 Å². The van der Waals surface area contributed by atoms with Crippen molar-refractivity contribution in [3.05, 3.63) is 90.2 Å². The molecular formula is C25H26BFO4. The average Bonchev–Trinajstić information content (AvgIpc) is 2.97. The molecular weight excluding hydrogens is 394 g/mol. The molecule has 1 saturated heterocycles. The zero-order chi connectivity index (χ0) is 22.1. The van der Waals surface area contributed by atoms with Crippen LogP contribution in [0.1, 0.15) is 39.5 Å². The molecule has 1 unspecified atom stereocenters. The zero-order valence-electron chi connectivity index (χ0n) is 18.2. The minimum atomic E-state index is -0.686. The van der Waals surface area contributed by atoms with Gasteiger partial charge in [0.1, 0.15) is 17.3 Å². The summed E-state index contributed by atoms with van der Waals surface area (Å²) in [5.41, 5.74) is 0.978. The molecule has 0 saturated carbocycles. The summed E-state index contributed by atoms with van der Waals surface area (Å²) in [4.78, 5) is 0. The van der Waals surface area contributed by atoms with E-state index in [0.717, 1.165) is 11.0 Å². The predicted octanol–water partition coefficient (Wildman–Crippen LogP) is 5.28. The highest BCUT2D eigenvalue weighted by molar-refractivity contribution is 6.62. The van der Waals surface area contributed by atoms with E-state index in [2.05, 4.69) is 0 Å². The van der Waals surface area contributed by atoms with Crippen molar-refractivity contribution in [1.82, 2.24) is 0 Å². The van der Waals surface area contributed by atoms with E-state index >= 15 is 0 Å². The van der Waals surface area contributed by atoms with Crippen LogP contribution in [0.3, 0.4) is 0 Å². The Kier molecular flexibility index (Phi) is 5.78. The molecule has 4 rings (SSSR count). The van der Waals surface area contributed by atoms with Gasteiger partial charge in [0.25, 0.3) is 6.29 Å². The van der Waals surface area contributed by atoms with E-state index in [1.807, 2.05) is 82.3 Å². The Morgan fingerprint density at radius 1 is 0.710 bits per heavy atom. The minimum Gasteiger partial charge on any atom is -0.451 e.